The number of anilines is 1. The Bertz CT molecular complexity index is 540. The van der Waals surface area contributed by atoms with Crippen molar-refractivity contribution in [2.24, 2.45) is 0 Å². The molecule has 3 atom stereocenters. The standard InChI is InChI=1S/C17H23N3O2/c1-12-10-20(11-13(2)22-12)17(21)14(3)19-16-6-4-15(5-7-16)8-9-18/h4-7,12-14,19H,8,10-11H2,1-3H3/t12-,13+,14-/m0/s1. The van der Waals surface area contributed by atoms with Gasteiger partial charge in [0.1, 0.15) is 6.04 Å². The Labute approximate surface area is 131 Å². The molecule has 2 rings (SSSR count). The van der Waals surface area contributed by atoms with Crippen LogP contribution in [0.15, 0.2) is 24.3 Å². The van der Waals surface area contributed by atoms with E-state index >= 15 is 0 Å². The van der Waals surface area contributed by atoms with E-state index in [0.29, 0.717) is 19.5 Å². The van der Waals surface area contributed by atoms with Gasteiger partial charge in [0.05, 0.1) is 24.7 Å². The highest BCUT2D eigenvalue weighted by atomic mass is 16.5. The number of rotatable bonds is 4. The Balaban J connectivity index is 1.94. The van der Waals surface area contributed by atoms with Crippen molar-refractivity contribution in [2.75, 3.05) is 18.4 Å². The van der Waals surface area contributed by atoms with Crippen molar-refractivity contribution in [1.29, 1.82) is 5.26 Å². The molecule has 0 aromatic heterocycles. The second-order valence-corrected chi connectivity index (χ2v) is 5.90. The van der Waals surface area contributed by atoms with E-state index in [1.54, 1.807) is 0 Å². The molecule has 1 amide bonds. The van der Waals surface area contributed by atoms with Crippen molar-refractivity contribution in [3.05, 3.63) is 29.8 Å². The molecular formula is C17H23N3O2. The maximum atomic E-state index is 12.5. The van der Waals surface area contributed by atoms with Crippen molar-refractivity contribution in [3.8, 4) is 6.07 Å². The van der Waals surface area contributed by atoms with Gasteiger partial charge in [-0.25, -0.2) is 0 Å². The van der Waals surface area contributed by atoms with Gasteiger partial charge in [-0.15, -0.1) is 0 Å². The molecule has 1 fully saturated rings. The topological polar surface area (TPSA) is 65.4 Å². The summed E-state index contributed by atoms with van der Waals surface area (Å²) < 4.78 is 5.66. The number of amides is 1. The summed E-state index contributed by atoms with van der Waals surface area (Å²) in [7, 11) is 0. The van der Waals surface area contributed by atoms with Crippen LogP contribution >= 0.6 is 0 Å². The van der Waals surface area contributed by atoms with Crippen molar-refractivity contribution < 1.29 is 9.53 Å². The average Bonchev–Trinajstić information content (AvgIpc) is 2.47. The zero-order valence-electron chi connectivity index (χ0n) is 13.4. The van der Waals surface area contributed by atoms with E-state index in [1.807, 2.05) is 49.9 Å². The van der Waals surface area contributed by atoms with Crippen LogP contribution in [0.25, 0.3) is 0 Å². The molecule has 0 spiro atoms. The lowest BCUT2D eigenvalue weighted by Gasteiger charge is -2.36. The van der Waals surface area contributed by atoms with E-state index in [2.05, 4.69) is 11.4 Å². The number of nitrogens with one attached hydrogen (secondary N) is 1. The molecule has 118 valence electrons. The van der Waals surface area contributed by atoms with Crippen LogP contribution in [-0.4, -0.2) is 42.1 Å². The third kappa shape index (κ3) is 4.22. The van der Waals surface area contributed by atoms with Gasteiger partial charge in [0.15, 0.2) is 0 Å². The van der Waals surface area contributed by atoms with Crippen LogP contribution in [0, 0.1) is 11.3 Å². The molecule has 1 saturated heterocycles. The van der Waals surface area contributed by atoms with Gasteiger partial charge in [-0.3, -0.25) is 4.79 Å². The molecule has 22 heavy (non-hydrogen) atoms. The second kappa shape index (κ2) is 7.28. The number of hydrogen-bond donors (Lipinski definition) is 1. The zero-order chi connectivity index (χ0) is 16.1. The van der Waals surface area contributed by atoms with E-state index in [1.165, 1.54) is 0 Å². The Morgan fingerprint density at radius 3 is 2.50 bits per heavy atom. The number of benzene rings is 1. The van der Waals surface area contributed by atoms with E-state index in [-0.39, 0.29) is 24.2 Å². The van der Waals surface area contributed by atoms with Gasteiger partial charge in [-0.05, 0) is 38.5 Å². The van der Waals surface area contributed by atoms with Crippen LogP contribution in [0.2, 0.25) is 0 Å². The Morgan fingerprint density at radius 1 is 1.36 bits per heavy atom. The smallest absolute Gasteiger partial charge is 0.244 e. The minimum absolute atomic E-state index is 0.0742. The lowest BCUT2D eigenvalue weighted by Crippen LogP contribution is -2.52. The van der Waals surface area contributed by atoms with Gasteiger partial charge in [0, 0.05) is 18.8 Å². The highest BCUT2D eigenvalue weighted by Gasteiger charge is 2.28. The summed E-state index contributed by atoms with van der Waals surface area (Å²) in [5, 5.41) is 11.9. The molecule has 1 aromatic carbocycles. The monoisotopic (exact) mass is 301 g/mol. The average molecular weight is 301 g/mol. The van der Waals surface area contributed by atoms with Crippen LogP contribution < -0.4 is 5.32 Å². The van der Waals surface area contributed by atoms with Crippen molar-refractivity contribution >= 4 is 11.6 Å². The van der Waals surface area contributed by atoms with Crippen molar-refractivity contribution in [2.45, 2.75) is 45.4 Å². The summed E-state index contributed by atoms with van der Waals surface area (Å²) >= 11 is 0. The molecule has 0 bridgehead atoms. The minimum Gasteiger partial charge on any atom is -0.374 e. The maximum absolute atomic E-state index is 12.5. The largest absolute Gasteiger partial charge is 0.374 e. The lowest BCUT2D eigenvalue weighted by molar-refractivity contribution is -0.143. The number of morpholine rings is 1. The maximum Gasteiger partial charge on any atom is 0.244 e. The fraction of sp³-hybridized carbons (Fsp3) is 0.529. The van der Waals surface area contributed by atoms with Gasteiger partial charge in [-0.2, -0.15) is 5.26 Å². The van der Waals surface area contributed by atoms with Gasteiger partial charge < -0.3 is 15.0 Å². The first-order valence-corrected chi connectivity index (χ1v) is 7.66. The highest BCUT2D eigenvalue weighted by molar-refractivity contribution is 5.84. The molecule has 0 radical (unpaired) electrons. The normalized spacial score (nSPS) is 22.7. The molecule has 0 aliphatic carbocycles. The van der Waals surface area contributed by atoms with Crippen LogP contribution in [0.3, 0.4) is 0 Å². The molecule has 1 aromatic rings. The summed E-state index contributed by atoms with van der Waals surface area (Å²) in [4.78, 5) is 14.4. The first-order valence-electron chi connectivity index (χ1n) is 7.66. The third-order valence-electron chi connectivity index (χ3n) is 3.72. The summed E-state index contributed by atoms with van der Waals surface area (Å²) in [6.45, 7) is 7.12. The summed E-state index contributed by atoms with van der Waals surface area (Å²) in [5.41, 5.74) is 1.86. The first kappa shape index (κ1) is 16.3. The Kier molecular flexibility index (Phi) is 5.40. The van der Waals surface area contributed by atoms with Crippen molar-refractivity contribution in [3.63, 3.8) is 0 Å². The Morgan fingerprint density at radius 2 is 1.95 bits per heavy atom. The predicted molar refractivity (Wildman–Crippen MR) is 85.4 cm³/mol. The van der Waals surface area contributed by atoms with Gasteiger partial charge in [0.2, 0.25) is 5.91 Å². The van der Waals surface area contributed by atoms with E-state index in [9.17, 15) is 4.79 Å². The van der Waals surface area contributed by atoms with Crippen LogP contribution in [0.4, 0.5) is 5.69 Å². The number of hydrogen-bond acceptors (Lipinski definition) is 4. The quantitative estimate of drug-likeness (QED) is 0.926. The van der Waals surface area contributed by atoms with Crippen LogP contribution in [0.1, 0.15) is 26.3 Å². The van der Waals surface area contributed by atoms with E-state index in [0.717, 1.165) is 11.3 Å². The number of carbonyl (C=O) groups excluding carboxylic acids is 1. The SMILES string of the molecule is C[C@@H]1CN(C(=O)[C@H](C)Nc2ccc(CC#N)cc2)C[C@H](C)O1. The number of carbonyl (C=O) groups is 1. The lowest BCUT2D eigenvalue weighted by atomic mass is 10.1. The summed E-state index contributed by atoms with van der Waals surface area (Å²) in [6.07, 6.45) is 0.550. The number of nitriles is 1. The van der Waals surface area contributed by atoms with Gasteiger partial charge in [0.25, 0.3) is 0 Å². The highest BCUT2D eigenvalue weighted by Crippen LogP contribution is 2.15. The molecule has 5 heteroatoms. The third-order valence-corrected chi connectivity index (χ3v) is 3.72. The van der Waals surface area contributed by atoms with Crippen LogP contribution in [0.5, 0.6) is 0 Å². The van der Waals surface area contributed by atoms with Crippen molar-refractivity contribution in [1.82, 2.24) is 4.90 Å². The molecule has 0 unspecified atom stereocenters. The molecule has 1 heterocycles. The number of nitrogens with zero attached hydrogens (tertiary/aromatic N) is 2. The minimum atomic E-state index is -0.292. The molecule has 1 N–H and O–H groups in total. The van der Waals surface area contributed by atoms with Crippen LogP contribution in [-0.2, 0) is 16.0 Å². The second-order valence-electron chi connectivity index (χ2n) is 5.90. The summed E-state index contributed by atoms with van der Waals surface area (Å²) in [6, 6.07) is 9.44. The fourth-order valence-electron chi connectivity index (χ4n) is 2.75. The van der Waals surface area contributed by atoms with E-state index in [4.69, 9.17) is 10.00 Å². The molecule has 1 aliphatic rings. The summed E-state index contributed by atoms with van der Waals surface area (Å²) in [5.74, 6) is 0.0862. The molecule has 0 saturated carbocycles. The molecule has 1 aliphatic heterocycles. The predicted octanol–water partition coefficient (Wildman–Crippen LogP) is 2.19. The number of ether oxygens (including phenoxy) is 1. The van der Waals surface area contributed by atoms with Gasteiger partial charge in [-0.1, -0.05) is 12.1 Å². The van der Waals surface area contributed by atoms with E-state index < -0.39 is 0 Å². The Hall–Kier alpha value is -2.06. The zero-order valence-corrected chi connectivity index (χ0v) is 13.4. The fourth-order valence-corrected chi connectivity index (χ4v) is 2.75. The van der Waals surface area contributed by atoms with Gasteiger partial charge >= 0.3 is 0 Å². The molecular weight excluding hydrogens is 278 g/mol. The first-order chi connectivity index (χ1) is 10.5. The molecule has 5 nitrogen and oxygen atoms in total.